The molecule has 0 spiro atoms. The minimum Gasteiger partial charge on any atom is -0.452 e. The van der Waals surface area contributed by atoms with Crippen LogP contribution in [0.1, 0.15) is 19.3 Å². The molecule has 0 aromatic rings. The molecule has 0 aliphatic rings. The van der Waals surface area contributed by atoms with Crippen LogP contribution in [-0.2, 0) is 14.3 Å². The summed E-state index contributed by atoms with van der Waals surface area (Å²) < 4.78 is 4.53. The predicted molar refractivity (Wildman–Crippen MR) is 57.0 cm³/mol. The Morgan fingerprint density at radius 3 is 2.60 bits per heavy atom. The zero-order valence-corrected chi connectivity index (χ0v) is 8.72. The first-order valence-corrected chi connectivity index (χ1v) is 4.88. The molecule has 0 amide bonds. The fraction of sp³-hybridized carbons (Fsp3) is 0.600. The van der Waals surface area contributed by atoms with Gasteiger partial charge in [0.15, 0.2) is 11.9 Å². The topological polar surface area (TPSA) is 95.4 Å². The first-order chi connectivity index (χ1) is 7.17. The smallest absolute Gasteiger partial charge is 0.294 e. The van der Waals surface area contributed by atoms with E-state index >= 15 is 0 Å². The van der Waals surface area contributed by atoms with E-state index in [1.54, 1.807) is 0 Å². The maximum atomic E-state index is 11.5. The molecule has 0 saturated heterocycles. The lowest BCUT2D eigenvalue weighted by Gasteiger charge is -2.14. The number of Topliss-reactive ketones (excluding diaryl/α,β-unsaturated/α-hetero) is 1. The van der Waals surface area contributed by atoms with Crippen molar-refractivity contribution in [3.8, 4) is 0 Å². The Morgan fingerprint density at radius 2 is 2.13 bits per heavy atom. The van der Waals surface area contributed by atoms with Crippen LogP contribution in [0.3, 0.4) is 0 Å². The normalized spacial score (nSPS) is 14.0. The van der Waals surface area contributed by atoms with Gasteiger partial charge in [0.2, 0.25) is 0 Å². The van der Waals surface area contributed by atoms with E-state index in [4.69, 9.17) is 11.5 Å². The molecule has 0 saturated carbocycles. The molecule has 15 heavy (non-hydrogen) atoms. The monoisotopic (exact) mass is 214 g/mol. The van der Waals surface area contributed by atoms with Crippen LogP contribution in [0.15, 0.2) is 12.7 Å². The third-order valence-electron chi connectivity index (χ3n) is 2.03. The third-order valence-corrected chi connectivity index (χ3v) is 2.03. The van der Waals surface area contributed by atoms with Crippen molar-refractivity contribution < 1.29 is 14.3 Å². The number of carbonyl (C=O) groups is 2. The maximum absolute atomic E-state index is 11.5. The van der Waals surface area contributed by atoms with Gasteiger partial charge in [0.05, 0.1) is 6.04 Å². The molecule has 0 heterocycles. The lowest BCUT2D eigenvalue weighted by Crippen LogP contribution is -2.38. The standard InChI is InChI=1S/C10H18N2O3/c1-2-9(15-7-13)10(14)8(12)5-3-4-6-11/h2,7-9H,1,3-6,11-12H2/t8-,9?/m0/s1. The van der Waals surface area contributed by atoms with Gasteiger partial charge in [0.25, 0.3) is 6.47 Å². The highest BCUT2D eigenvalue weighted by atomic mass is 16.5. The van der Waals surface area contributed by atoms with Crippen LogP contribution in [0.2, 0.25) is 0 Å². The molecular weight excluding hydrogens is 196 g/mol. The lowest BCUT2D eigenvalue weighted by atomic mass is 10.0. The second kappa shape index (κ2) is 8.14. The van der Waals surface area contributed by atoms with Crippen molar-refractivity contribution in [3.63, 3.8) is 0 Å². The van der Waals surface area contributed by atoms with Crippen molar-refractivity contribution in [2.24, 2.45) is 11.5 Å². The summed E-state index contributed by atoms with van der Waals surface area (Å²) in [7, 11) is 0. The van der Waals surface area contributed by atoms with Crippen molar-refractivity contribution >= 4 is 12.3 Å². The quantitative estimate of drug-likeness (QED) is 0.313. The summed E-state index contributed by atoms with van der Waals surface area (Å²) in [4.78, 5) is 21.6. The molecule has 5 nitrogen and oxygen atoms in total. The number of ketones is 1. The molecule has 0 aromatic carbocycles. The van der Waals surface area contributed by atoms with E-state index in [0.29, 0.717) is 13.0 Å². The zero-order chi connectivity index (χ0) is 11.7. The molecule has 2 atom stereocenters. The fourth-order valence-corrected chi connectivity index (χ4v) is 1.16. The molecule has 86 valence electrons. The van der Waals surface area contributed by atoms with E-state index in [2.05, 4.69) is 11.3 Å². The van der Waals surface area contributed by atoms with Crippen molar-refractivity contribution in [1.29, 1.82) is 0 Å². The molecule has 0 rings (SSSR count). The van der Waals surface area contributed by atoms with E-state index < -0.39 is 12.1 Å². The first-order valence-electron chi connectivity index (χ1n) is 4.88. The molecule has 1 unspecified atom stereocenters. The largest absolute Gasteiger partial charge is 0.452 e. The molecule has 5 heteroatoms. The number of unbranched alkanes of at least 4 members (excludes halogenated alkanes) is 1. The molecule has 0 fully saturated rings. The lowest BCUT2D eigenvalue weighted by molar-refractivity contribution is -0.141. The Morgan fingerprint density at radius 1 is 1.47 bits per heavy atom. The number of ether oxygens (including phenoxy) is 1. The Kier molecular flexibility index (Phi) is 7.49. The summed E-state index contributed by atoms with van der Waals surface area (Å²) in [5.74, 6) is -0.325. The molecule has 0 bridgehead atoms. The van der Waals surface area contributed by atoms with Crippen molar-refractivity contribution in [3.05, 3.63) is 12.7 Å². The molecule has 0 radical (unpaired) electrons. The average molecular weight is 214 g/mol. The van der Waals surface area contributed by atoms with Crippen LogP contribution in [0.25, 0.3) is 0 Å². The molecule has 0 aliphatic carbocycles. The minimum atomic E-state index is -0.935. The van der Waals surface area contributed by atoms with Gasteiger partial charge in [-0.3, -0.25) is 9.59 Å². The predicted octanol–water partition coefficient (Wildman–Crippen LogP) is -0.261. The summed E-state index contributed by atoms with van der Waals surface area (Å²) in [6.45, 7) is 4.20. The maximum Gasteiger partial charge on any atom is 0.294 e. The van der Waals surface area contributed by atoms with Crippen LogP contribution in [0.5, 0.6) is 0 Å². The number of hydrogen-bond acceptors (Lipinski definition) is 5. The summed E-state index contributed by atoms with van der Waals surface area (Å²) in [6.07, 6.45) is 2.49. The Hall–Kier alpha value is -1.20. The fourth-order valence-electron chi connectivity index (χ4n) is 1.16. The molecule has 4 N–H and O–H groups in total. The Bertz CT molecular complexity index is 219. The summed E-state index contributed by atoms with van der Waals surface area (Å²) >= 11 is 0. The van der Waals surface area contributed by atoms with Crippen molar-refractivity contribution in [2.75, 3.05) is 6.54 Å². The number of rotatable bonds is 9. The van der Waals surface area contributed by atoms with Gasteiger partial charge >= 0.3 is 0 Å². The van der Waals surface area contributed by atoms with Crippen LogP contribution in [-0.4, -0.2) is 30.9 Å². The highest BCUT2D eigenvalue weighted by Gasteiger charge is 2.22. The summed E-state index contributed by atoms with van der Waals surface area (Å²) in [5.41, 5.74) is 10.9. The third kappa shape index (κ3) is 5.29. The van der Waals surface area contributed by atoms with Gasteiger partial charge < -0.3 is 16.2 Å². The summed E-state index contributed by atoms with van der Waals surface area (Å²) in [6, 6.07) is -0.625. The zero-order valence-electron chi connectivity index (χ0n) is 8.72. The van der Waals surface area contributed by atoms with E-state index in [1.807, 2.05) is 0 Å². The second-order valence-corrected chi connectivity index (χ2v) is 3.18. The highest BCUT2D eigenvalue weighted by Crippen LogP contribution is 2.04. The van der Waals surface area contributed by atoms with E-state index in [1.165, 1.54) is 6.08 Å². The van der Waals surface area contributed by atoms with E-state index in [0.717, 1.165) is 12.8 Å². The SMILES string of the molecule is C=CC(OC=O)C(=O)[C@@H](N)CCCCN. The second-order valence-electron chi connectivity index (χ2n) is 3.18. The highest BCUT2D eigenvalue weighted by molar-refractivity contribution is 5.90. The van der Waals surface area contributed by atoms with Crippen molar-refractivity contribution in [2.45, 2.75) is 31.4 Å². The Balaban J connectivity index is 4.03. The van der Waals surface area contributed by atoms with Gasteiger partial charge in [-0.2, -0.15) is 0 Å². The van der Waals surface area contributed by atoms with Crippen molar-refractivity contribution in [1.82, 2.24) is 0 Å². The number of carbonyl (C=O) groups excluding carboxylic acids is 2. The van der Waals surface area contributed by atoms with E-state index in [9.17, 15) is 9.59 Å². The van der Waals surface area contributed by atoms with Gasteiger partial charge in [0.1, 0.15) is 0 Å². The Labute approximate surface area is 89.5 Å². The van der Waals surface area contributed by atoms with Gasteiger partial charge in [0, 0.05) is 0 Å². The molecular formula is C10H18N2O3. The number of hydrogen-bond donors (Lipinski definition) is 2. The number of nitrogens with two attached hydrogens (primary N) is 2. The summed E-state index contributed by atoms with van der Waals surface area (Å²) in [5, 5.41) is 0. The van der Waals surface area contributed by atoms with Crippen LogP contribution < -0.4 is 11.5 Å². The molecule has 0 aromatic heterocycles. The van der Waals surface area contributed by atoms with Gasteiger partial charge in [-0.25, -0.2) is 0 Å². The van der Waals surface area contributed by atoms with Gasteiger partial charge in [-0.1, -0.05) is 13.0 Å². The van der Waals surface area contributed by atoms with Crippen LogP contribution in [0.4, 0.5) is 0 Å². The van der Waals surface area contributed by atoms with Crippen LogP contribution >= 0.6 is 0 Å². The van der Waals surface area contributed by atoms with Gasteiger partial charge in [-0.15, -0.1) is 0 Å². The van der Waals surface area contributed by atoms with Gasteiger partial charge in [-0.05, 0) is 25.5 Å². The average Bonchev–Trinajstić information content (AvgIpc) is 2.25. The minimum absolute atomic E-state index is 0.219. The van der Waals surface area contributed by atoms with E-state index in [-0.39, 0.29) is 12.3 Å². The molecule has 0 aliphatic heterocycles. The first kappa shape index (κ1) is 13.8. The van der Waals surface area contributed by atoms with Crippen LogP contribution in [0, 0.1) is 0 Å².